The summed E-state index contributed by atoms with van der Waals surface area (Å²) in [7, 11) is 0. The molecule has 2 rings (SSSR count). The maximum Gasteiger partial charge on any atom is 0.255 e. The predicted molar refractivity (Wildman–Crippen MR) is 78.3 cm³/mol. The van der Waals surface area contributed by atoms with Gasteiger partial charge in [-0.05, 0) is 31.4 Å². The lowest BCUT2D eigenvalue weighted by atomic mass is 10.0. The number of nitrogens with zero attached hydrogens (tertiary/aromatic N) is 1. The molecule has 108 valence electrons. The summed E-state index contributed by atoms with van der Waals surface area (Å²) in [6.07, 6.45) is 1.58. The second kappa shape index (κ2) is 5.94. The van der Waals surface area contributed by atoms with Crippen LogP contribution in [0.4, 0.5) is 5.69 Å². The van der Waals surface area contributed by atoms with Crippen molar-refractivity contribution in [1.29, 1.82) is 0 Å². The number of nitrogens with two attached hydrogens (primary N) is 1. The minimum absolute atomic E-state index is 0.0160. The van der Waals surface area contributed by atoms with E-state index in [0.717, 1.165) is 18.4 Å². The molecule has 1 aliphatic rings. The average Bonchev–Trinajstić information content (AvgIpc) is 2.41. The Labute approximate surface area is 119 Å². The number of para-hydroxylation sites is 1. The standard InChI is InChI=1S/C15H21N3O2/c1-10-4-3-5-13(14(10)16)15(20)18-8-6-12(7-9-18)17-11(2)19/h3-5,12H,6-9,16H2,1-2H3,(H,17,19). The highest BCUT2D eigenvalue weighted by molar-refractivity contribution is 5.99. The van der Waals surface area contributed by atoms with Crippen LogP contribution < -0.4 is 11.1 Å². The zero-order valence-electron chi connectivity index (χ0n) is 12.0. The van der Waals surface area contributed by atoms with E-state index in [9.17, 15) is 9.59 Å². The van der Waals surface area contributed by atoms with Crippen LogP contribution in [0.15, 0.2) is 18.2 Å². The monoisotopic (exact) mass is 275 g/mol. The van der Waals surface area contributed by atoms with Gasteiger partial charge in [-0.2, -0.15) is 0 Å². The zero-order chi connectivity index (χ0) is 14.7. The molecule has 1 aromatic carbocycles. The Bertz CT molecular complexity index is 520. The Morgan fingerprint density at radius 3 is 2.55 bits per heavy atom. The fourth-order valence-electron chi connectivity index (χ4n) is 2.55. The number of piperidine rings is 1. The number of nitrogens with one attached hydrogen (secondary N) is 1. The van der Waals surface area contributed by atoms with Crippen LogP contribution in [-0.2, 0) is 4.79 Å². The first-order valence-corrected chi connectivity index (χ1v) is 6.90. The maximum absolute atomic E-state index is 12.5. The molecule has 2 amide bonds. The molecular weight excluding hydrogens is 254 g/mol. The number of nitrogen functional groups attached to an aromatic ring is 1. The van der Waals surface area contributed by atoms with Gasteiger partial charge in [-0.1, -0.05) is 12.1 Å². The third kappa shape index (κ3) is 3.10. The van der Waals surface area contributed by atoms with Crippen molar-refractivity contribution in [3.8, 4) is 0 Å². The van der Waals surface area contributed by atoms with Crippen molar-refractivity contribution in [3.05, 3.63) is 29.3 Å². The number of anilines is 1. The number of rotatable bonds is 2. The first kappa shape index (κ1) is 14.4. The summed E-state index contributed by atoms with van der Waals surface area (Å²) in [6, 6.07) is 5.69. The Morgan fingerprint density at radius 1 is 1.30 bits per heavy atom. The summed E-state index contributed by atoms with van der Waals surface area (Å²) in [4.78, 5) is 25.3. The highest BCUT2D eigenvalue weighted by atomic mass is 16.2. The van der Waals surface area contributed by atoms with Gasteiger partial charge in [-0.15, -0.1) is 0 Å². The fourth-order valence-corrected chi connectivity index (χ4v) is 2.55. The van der Waals surface area contributed by atoms with Gasteiger partial charge >= 0.3 is 0 Å². The summed E-state index contributed by atoms with van der Waals surface area (Å²) in [5.74, 6) is -0.0369. The molecule has 3 N–H and O–H groups in total. The van der Waals surface area contributed by atoms with Gasteiger partial charge in [0.2, 0.25) is 5.91 Å². The van der Waals surface area contributed by atoms with E-state index in [2.05, 4.69) is 5.32 Å². The van der Waals surface area contributed by atoms with Gasteiger partial charge in [-0.3, -0.25) is 9.59 Å². The van der Waals surface area contributed by atoms with E-state index in [1.54, 1.807) is 6.07 Å². The Morgan fingerprint density at radius 2 is 1.95 bits per heavy atom. The summed E-state index contributed by atoms with van der Waals surface area (Å²) in [6.45, 7) is 4.72. The molecule has 5 nitrogen and oxygen atoms in total. The quantitative estimate of drug-likeness (QED) is 0.799. The normalized spacial score (nSPS) is 16.0. The molecule has 0 atom stereocenters. The first-order chi connectivity index (χ1) is 9.49. The van der Waals surface area contributed by atoms with Crippen LogP contribution in [0.5, 0.6) is 0 Å². The van der Waals surface area contributed by atoms with Crippen LogP contribution in [-0.4, -0.2) is 35.8 Å². The van der Waals surface area contributed by atoms with Gasteiger partial charge in [0.25, 0.3) is 5.91 Å². The summed E-state index contributed by atoms with van der Waals surface area (Å²) in [5.41, 5.74) is 8.03. The molecule has 1 fully saturated rings. The third-order valence-corrected chi connectivity index (χ3v) is 3.74. The molecule has 1 heterocycles. The van der Waals surface area contributed by atoms with Crippen molar-refractivity contribution in [1.82, 2.24) is 10.2 Å². The number of hydrogen-bond acceptors (Lipinski definition) is 3. The molecule has 1 aliphatic heterocycles. The molecule has 0 radical (unpaired) electrons. The third-order valence-electron chi connectivity index (χ3n) is 3.74. The van der Waals surface area contributed by atoms with E-state index >= 15 is 0 Å². The summed E-state index contributed by atoms with van der Waals surface area (Å²) < 4.78 is 0. The van der Waals surface area contributed by atoms with Crippen molar-refractivity contribution < 1.29 is 9.59 Å². The van der Waals surface area contributed by atoms with Gasteiger partial charge < -0.3 is 16.0 Å². The molecule has 0 aliphatic carbocycles. The number of aryl methyl sites for hydroxylation is 1. The lowest BCUT2D eigenvalue weighted by molar-refractivity contribution is -0.119. The minimum atomic E-state index is -0.0209. The first-order valence-electron chi connectivity index (χ1n) is 6.90. The SMILES string of the molecule is CC(=O)NC1CCN(C(=O)c2cccc(C)c2N)CC1. The number of carbonyl (C=O) groups excluding carboxylic acids is 2. The number of likely N-dealkylation sites (tertiary alicyclic amines) is 1. The maximum atomic E-state index is 12.5. The van der Waals surface area contributed by atoms with Crippen LogP contribution in [0.1, 0.15) is 35.7 Å². The van der Waals surface area contributed by atoms with E-state index in [-0.39, 0.29) is 17.9 Å². The van der Waals surface area contributed by atoms with Crippen molar-refractivity contribution in [3.63, 3.8) is 0 Å². The van der Waals surface area contributed by atoms with E-state index in [1.807, 2.05) is 24.0 Å². The van der Waals surface area contributed by atoms with Crippen LogP contribution in [0.3, 0.4) is 0 Å². The van der Waals surface area contributed by atoms with Gasteiger partial charge in [0.1, 0.15) is 0 Å². The molecule has 0 spiro atoms. The highest BCUT2D eigenvalue weighted by Gasteiger charge is 2.25. The van der Waals surface area contributed by atoms with Crippen molar-refractivity contribution >= 4 is 17.5 Å². The molecule has 0 bridgehead atoms. The Kier molecular flexibility index (Phi) is 4.27. The van der Waals surface area contributed by atoms with Crippen molar-refractivity contribution in [2.24, 2.45) is 0 Å². The molecular formula is C15H21N3O2. The molecule has 1 aromatic rings. The van der Waals surface area contributed by atoms with Crippen molar-refractivity contribution in [2.75, 3.05) is 18.8 Å². The van der Waals surface area contributed by atoms with E-state index in [4.69, 9.17) is 5.73 Å². The second-order valence-electron chi connectivity index (χ2n) is 5.30. The number of amides is 2. The minimum Gasteiger partial charge on any atom is -0.398 e. The molecule has 0 unspecified atom stereocenters. The van der Waals surface area contributed by atoms with E-state index < -0.39 is 0 Å². The molecule has 5 heteroatoms. The molecule has 20 heavy (non-hydrogen) atoms. The fraction of sp³-hybridized carbons (Fsp3) is 0.467. The van der Waals surface area contributed by atoms with E-state index in [1.165, 1.54) is 6.92 Å². The Hall–Kier alpha value is -2.04. The lowest BCUT2D eigenvalue weighted by Gasteiger charge is -2.32. The van der Waals surface area contributed by atoms with Crippen LogP contribution in [0.25, 0.3) is 0 Å². The molecule has 0 aromatic heterocycles. The van der Waals surface area contributed by atoms with Crippen LogP contribution in [0.2, 0.25) is 0 Å². The molecule has 1 saturated heterocycles. The van der Waals surface area contributed by atoms with Crippen LogP contribution in [0, 0.1) is 6.92 Å². The zero-order valence-corrected chi connectivity index (χ0v) is 12.0. The number of benzene rings is 1. The second-order valence-corrected chi connectivity index (χ2v) is 5.30. The summed E-state index contributed by atoms with van der Waals surface area (Å²) in [5, 5.41) is 2.90. The van der Waals surface area contributed by atoms with Crippen LogP contribution >= 0.6 is 0 Å². The van der Waals surface area contributed by atoms with Crippen molar-refractivity contribution in [2.45, 2.75) is 32.7 Å². The molecule has 0 saturated carbocycles. The predicted octanol–water partition coefficient (Wildman–Crippen LogP) is 1.32. The van der Waals surface area contributed by atoms with Gasteiger partial charge in [-0.25, -0.2) is 0 Å². The average molecular weight is 275 g/mol. The van der Waals surface area contributed by atoms with Gasteiger partial charge in [0.15, 0.2) is 0 Å². The number of hydrogen-bond donors (Lipinski definition) is 2. The largest absolute Gasteiger partial charge is 0.398 e. The smallest absolute Gasteiger partial charge is 0.255 e. The van der Waals surface area contributed by atoms with Gasteiger partial charge in [0.05, 0.1) is 5.56 Å². The summed E-state index contributed by atoms with van der Waals surface area (Å²) >= 11 is 0. The van der Waals surface area contributed by atoms with E-state index in [0.29, 0.717) is 24.3 Å². The van der Waals surface area contributed by atoms with Gasteiger partial charge in [0, 0.05) is 31.7 Å². The lowest BCUT2D eigenvalue weighted by Crippen LogP contribution is -2.46. The Balaban J connectivity index is 2.02. The highest BCUT2D eigenvalue weighted by Crippen LogP contribution is 2.20. The number of carbonyl (C=O) groups is 2. The topological polar surface area (TPSA) is 75.4 Å².